The largest absolute Gasteiger partial charge is 0.508 e. The molecular weight excluding hydrogens is 492 g/mol. The molecule has 1 aliphatic heterocycles. The van der Waals surface area contributed by atoms with Gasteiger partial charge in [-0.05, 0) is 77.7 Å². The average molecular weight is 529 g/mol. The number of phenolic OH excluding ortho intramolecular Hbond substituents is 1. The molecule has 2 heterocycles. The standard InChI is InChI=1S/C31H36N4O4/c1-16(2)28(34-31(38)39)30(37)35-15-17(3)12-24(35)29-32-14-23(33-29)19-6-4-18(5-7-19)22-10-11-25(36)27-21-9-8-20(13-21)26(22)27/h4-7,10-11,14,16-17,20-21,24,28,34,36H,8-9,12-13,15H2,1-3H3,(H,32,33)(H,38,39)/t17-,20?,21?,24-,28?/m0/s1. The van der Waals surface area contributed by atoms with Crippen molar-refractivity contribution >= 4 is 12.0 Å². The molecule has 1 saturated carbocycles. The number of aromatic amines is 1. The van der Waals surface area contributed by atoms with Crippen LogP contribution in [0.15, 0.2) is 42.6 Å². The summed E-state index contributed by atoms with van der Waals surface area (Å²) >= 11 is 0. The second kappa shape index (κ2) is 9.74. The van der Waals surface area contributed by atoms with Crippen molar-refractivity contribution < 1.29 is 19.8 Å². The van der Waals surface area contributed by atoms with Gasteiger partial charge in [0.25, 0.3) is 0 Å². The summed E-state index contributed by atoms with van der Waals surface area (Å²) in [5, 5.41) is 22.2. The van der Waals surface area contributed by atoms with Crippen LogP contribution >= 0.6 is 0 Å². The molecule has 1 aromatic heterocycles. The number of H-pyrrole nitrogens is 1. The van der Waals surface area contributed by atoms with E-state index >= 15 is 0 Å². The van der Waals surface area contributed by atoms with Gasteiger partial charge in [-0.2, -0.15) is 0 Å². The summed E-state index contributed by atoms with van der Waals surface area (Å²) in [6, 6.07) is 11.3. The van der Waals surface area contributed by atoms with Crippen molar-refractivity contribution in [3.63, 3.8) is 0 Å². The van der Waals surface area contributed by atoms with Crippen molar-refractivity contribution in [1.82, 2.24) is 20.2 Å². The monoisotopic (exact) mass is 528 g/mol. The summed E-state index contributed by atoms with van der Waals surface area (Å²) < 4.78 is 0. The Balaban J connectivity index is 1.24. The van der Waals surface area contributed by atoms with E-state index in [0.29, 0.717) is 24.1 Å². The van der Waals surface area contributed by atoms with Gasteiger partial charge in [0, 0.05) is 12.1 Å². The van der Waals surface area contributed by atoms with Crippen LogP contribution in [0.5, 0.6) is 5.75 Å². The van der Waals surface area contributed by atoms with Crippen LogP contribution in [0.25, 0.3) is 22.4 Å². The van der Waals surface area contributed by atoms with Crippen LogP contribution < -0.4 is 5.32 Å². The van der Waals surface area contributed by atoms with Crippen LogP contribution in [0.2, 0.25) is 0 Å². The topological polar surface area (TPSA) is 119 Å². The van der Waals surface area contributed by atoms with Gasteiger partial charge >= 0.3 is 6.09 Å². The lowest BCUT2D eigenvalue weighted by molar-refractivity contribution is -0.135. The minimum Gasteiger partial charge on any atom is -0.508 e. The molecule has 0 spiro atoms. The third kappa shape index (κ3) is 4.45. The number of benzene rings is 2. The summed E-state index contributed by atoms with van der Waals surface area (Å²) in [5.74, 6) is 2.11. The molecule has 2 bridgehead atoms. The summed E-state index contributed by atoms with van der Waals surface area (Å²) in [6.07, 6.45) is 4.91. The normalized spacial score (nSPS) is 24.3. The number of amides is 2. The van der Waals surface area contributed by atoms with Crippen molar-refractivity contribution in [3.8, 4) is 28.1 Å². The van der Waals surface area contributed by atoms with Crippen LogP contribution in [0.4, 0.5) is 4.79 Å². The van der Waals surface area contributed by atoms with Gasteiger partial charge in [-0.15, -0.1) is 0 Å². The maximum atomic E-state index is 13.4. The minimum absolute atomic E-state index is 0.166. The van der Waals surface area contributed by atoms with Crippen LogP contribution in [-0.4, -0.2) is 49.7 Å². The molecule has 2 amide bonds. The molecule has 5 atom stereocenters. The second-order valence-electron chi connectivity index (χ2n) is 11.9. The predicted molar refractivity (Wildman–Crippen MR) is 148 cm³/mol. The van der Waals surface area contributed by atoms with Crippen molar-refractivity contribution in [2.24, 2.45) is 11.8 Å². The Kier molecular flexibility index (Phi) is 6.36. The second-order valence-corrected chi connectivity index (χ2v) is 11.9. The number of carbonyl (C=O) groups excluding carboxylic acids is 1. The Morgan fingerprint density at radius 3 is 2.41 bits per heavy atom. The summed E-state index contributed by atoms with van der Waals surface area (Å²) in [4.78, 5) is 34.6. The summed E-state index contributed by atoms with van der Waals surface area (Å²) in [7, 11) is 0. The smallest absolute Gasteiger partial charge is 0.405 e. The molecule has 4 N–H and O–H groups in total. The number of carboxylic acid groups (broad SMARTS) is 1. The molecular formula is C31H36N4O4. The highest BCUT2D eigenvalue weighted by Crippen LogP contribution is 2.58. The van der Waals surface area contributed by atoms with Gasteiger partial charge < -0.3 is 25.4 Å². The lowest BCUT2D eigenvalue weighted by Crippen LogP contribution is -2.50. The van der Waals surface area contributed by atoms with Crippen molar-refractivity contribution in [3.05, 3.63) is 59.5 Å². The maximum absolute atomic E-state index is 13.4. The molecule has 3 aliphatic rings. The Labute approximate surface area is 228 Å². The molecule has 8 heteroatoms. The first kappa shape index (κ1) is 25.5. The lowest BCUT2D eigenvalue weighted by Gasteiger charge is -2.29. The number of nitrogens with one attached hydrogen (secondary N) is 2. The Morgan fingerprint density at radius 1 is 1.03 bits per heavy atom. The highest BCUT2D eigenvalue weighted by molar-refractivity contribution is 5.86. The Bertz CT molecular complexity index is 1410. The summed E-state index contributed by atoms with van der Waals surface area (Å²) in [5.41, 5.74) is 6.74. The van der Waals surface area contributed by atoms with Crippen LogP contribution in [-0.2, 0) is 4.79 Å². The minimum atomic E-state index is -1.20. The molecule has 3 aromatic rings. The molecule has 2 fully saturated rings. The fourth-order valence-electron chi connectivity index (χ4n) is 7.11. The van der Waals surface area contributed by atoms with Gasteiger partial charge in [0.05, 0.1) is 17.9 Å². The number of rotatable bonds is 6. The van der Waals surface area contributed by atoms with E-state index < -0.39 is 12.1 Å². The average Bonchev–Trinajstić information content (AvgIpc) is 3.71. The molecule has 2 aliphatic carbocycles. The number of aromatic hydroxyl groups is 1. The summed E-state index contributed by atoms with van der Waals surface area (Å²) in [6.45, 7) is 6.36. The molecule has 39 heavy (non-hydrogen) atoms. The number of phenols is 1. The van der Waals surface area contributed by atoms with E-state index in [1.54, 1.807) is 4.90 Å². The number of carbonyl (C=O) groups is 2. The molecule has 2 aromatic carbocycles. The first-order valence-corrected chi connectivity index (χ1v) is 14.0. The van der Waals surface area contributed by atoms with E-state index in [-0.39, 0.29) is 23.8 Å². The van der Waals surface area contributed by atoms with E-state index in [0.717, 1.165) is 41.1 Å². The number of hydrogen-bond donors (Lipinski definition) is 4. The first-order chi connectivity index (χ1) is 18.7. The fourth-order valence-corrected chi connectivity index (χ4v) is 7.11. The zero-order valence-electron chi connectivity index (χ0n) is 22.6. The highest BCUT2D eigenvalue weighted by Gasteiger charge is 2.41. The Morgan fingerprint density at radius 2 is 1.72 bits per heavy atom. The maximum Gasteiger partial charge on any atom is 0.405 e. The molecule has 0 radical (unpaired) electrons. The number of hydrogen-bond acceptors (Lipinski definition) is 4. The van der Waals surface area contributed by atoms with Gasteiger partial charge in [-0.25, -0.2) is 9.78 Å². The Hall–Kier alpha value is -3.81. The van der Waals surface area contributed by atoms with Crippen LogP contribution in [0.3, 0.4) is 0 Å². The van der Waals surface area contributed by atoms with Crippen LogP contribution in [0, 0.1) is 11.8 Å². The third-order valence-corrected chi connectivity index (χ3v) is 8.94. The van der Waals surface area contributed by atoms with Gasteiger partial charge in [0.15, 0.2) is 0 Å². The SMILES string of the molecule is CC(C)C(NC(=O)O)C(=O)N1C[C@@H](C)C[C@H]1c1ncc(-c2ccc(-c3ccc(O)c4c3C3CCC4C3)cc2)[nH]1. The van der Waals surface area contributed by atoms with Crippen molar-refractivity contribution in [2.45, 2.75) is 70.4 Å². The number of likely N-dealkylation sites (tertiary alicyclic amines) is 1. The molecule has 6 rings (SSSR count). The highest BCUT2D eigenvalue weighted by atomic mass is 16.4. The van der Waals surface area contributed by atoms with E-state index in [1.165, 1.54) is 24.0 Å². The quantitative estimate of drug-likeness (QED) is 0.312. The molecule has 8 nitrogen and oxygen atoms in total. The van der Waals surface area contributed by atoms with Gasteiger partial charge in [0.1, 0.15) is 17.6 Å². The number of aromatic nitrogens is 2. The van der Waals surface area contributed by atoms with Gasteiger partial charge in [-0.1, -0.05) is 51.1 Å². The predicted octanol–water partition coefficient (Wildman–Crippen LogP) is 6.02. The van der Waals surface area contributed by atoms with E-state index in [1.807, 2.05) is 26.1 Å². The molecule has 204 valence electrons. The zero-order chi connectivity index (χ0) is 27.4. The van der Waals surface area contributed by atoms with Crippen molar-refractivity contribution in [2.75, 3.05) is 6.54 Å². The van der Waals surface area contributed by atoms with Crippen molar-refractivity contribution in [1.29, 1.82) is 0 Å². The van der Waals surface area contributed by atoms with E-state index in [4.69, 9.17) is 0 Å². The molecule has 3 unspecified atom stereocenters. The zero-order valence-corrected chi connectivity index (χ0v) is 22.6. The lowest BCUT2D eigenvalue weighted by atomic mass is 9.85. The first-order valence-electron chi connectivity index (χ1n) is 14.0. The number of nitrogens with zero attached hydrogens (tertiary/aromatic N) is 2. The van der Waals surface area contributed by atoms with E-state index in [2.05, 4.69) is 52.5 Å². The van der Waals surface area contributed by atoms with Crippen LogP contribution in [0.1, 0.15) is 81.3 Å². The van der Waals surface area contributed by atoms with Gasteiger partial charge in [0.2, 0.25) is 5.91 Å². The third-order valence-electron chi connectivity index (χ3n) is 8.94. The number of imidazole rings is 1. The van der Waals surface area contributed by atoms with Gasteiger partial charge in [-0.3, -0.25) is 4.79 Å². The number of fused-ring (bicyclic) bond motifs is 5. The molecule has 1 saturated heterocycles. The van der Waals surface area contributed by atoms with E-state index in [9.17, 15) is 19.8 Å². The fraction of sp³-hybridized carbons (Fsp3) is 0.452.